The molecule has 0 unspecified atom stereocenters. The van der Waals surface area contributed by atoms with Gasteiger partial charge in [0.25, 0.3) is 5.91 Å². The third-order valence-electron chi connectivity index (χ3n) is 4.60. The number of sulfonamides is 1. The number of ether oxygens (including phenoxy) is 1. The molecule has 24 heavy (non-hydrogen) atoms. The minimum absolute atomic E-state index is 0.145. The Morgan fingerprint density at radius 1 is 1.46 bits per heavy atom. The molecule has 1 amide bonds. The van der Waals surface area contributed by atoms with Crippen molar-refractivity contribution in [3.63, 3.8) is 0 Å². The molecular formula is C14H18N4O4S2. The Labute approximate surface area is 143 Å². The summed E-state index contributed by atoms with van der Waals surface area (Å²) in [5.74, 6) is -0.0823. The highest BCUT2D eigenvalue weighted by atomic mass is 32.2. The highest BCUT2D eigenvalue weighted by Gasteiger charge is 2.55. The fourth-order valence-electron chi connectivity index (χ4n) is 3.58. The van der Waals surface area contributed by atoms with Gasteiger partial charge in [-0.1, -0.05) is 0 Å². The molecule has 0 spiro atoms. The van der Waals surface area contributed by atoms with Gasteiger partial charge < -0.3 is 10.1 Å². The first-order chi connectivity index (χ1) is 11.3. The molecule has 10 heteroatoms. The van der Waals surface area contributed by atoms with Crippen molar-refractivity contribution in [2.75, 3.05) is 12.9 Å². The molecule has 0 radical (unpaired) electrons. The number of nitrogens with one attached hydrogen (secondary N) is 2. The summed E-state index contributed by atoms with van der Waals surface area (Å²) in [6, 6.07) is -0.686. The van der Waals surface area contributed by atoms with Gasteiger partial charge in [0.15, 0.2) is 4.96 Å². The van der Waals surface area contributed by atoms with Crippen molar-refractivity contribution in [3.8, 4) is 0 Å². The second-order valence-corrected chi connectivity index (χ2v) is 8.98. The van der Waals surface area contributed by atoms with Gasteiger partial charge >= 0.3 is 0 Å². The topological polar surface area (TPSA) is 102 Å². The number of nitrogens with zero attached hydrogens (tertiary/aromatic N) is 2. The van der Waals surface area contributed by atoms with Crippen LogP contribution in [0.15, 0.2) is 11.6 Å². The molecule has 2 aliphatic rings. The number of imidazole rings is 1. The summed E-state index contributed by atoms with van der Waals surface area (Å²) >= 11 is 1.40. The Bertz CT molecular complexity index is 903. The molecule has 130 valence electrons. The fourth-order valence-corrected chi connectivity index (χ4v) is 5.25. The van der Waals surface area contributed by atoms with Crippen LogP contribution >= 0.6 is 11.3 Å². The zero-order valence-electron chi connectivity index (χ0n) is 13.2. The molecule has 1 saturated heterocycles. The maximum absolute atomic E-state index is 12.7. The second kappa shape index (κ2) is 5.51. The number of carbonyl (C=O) groups excluding carboxylic acids is 1. The van der Waals surface area contributed by atoms with Crippen molar-refractivity contribution in [1.82, 2.24) is 19.4 Å². The SMILES string of the molecule is Cc1cn2c(C(=O)N[C@@H]3[C@@H]4CCO[C@@H]4[C@H]3NS(C)(=O)=O)csc2n1. The van der Waals surface area contributed by atoms with Crippen LogP contribution in [0.2, 0.25) is 0 Å². The van der Waals surface area contributed by atoms with Crippen LogP contribution in [-0.2, 0) is 14.8 Å². The first-order valence-electron chi connectivity index (χ1n) is 7.66. The van der Waals surface area contributed by atoms with Crippen LogP contribution in [0.5, 0.6) is 0 Å². The number of carbonyl (C=O) groups is 1. The van der Waals surface area contributed by atoms with E-state index in [1.54, 1.807) is 9.78 Å². The molecule has 3 heterocycles. The molecule has 0 aromatic carbocycles. The number of aryl methyl sites for hydroxylation is 1. The van der Waals surface area contributed by atoms with Gasteiger partial charge in [0.2, 0.25) is 10.0 Å². The summed E-state index contributed by atoms with van der Waals surface area (Å²) in [6.07, 6.45) is 3.59. The average Bonchev–Trinajstić information content (AvgIpc) is 3.14. The normalized spacial score (nSPS) is 29.4. The van der Waals surface area contributed by atoms with Crippen LogP contribution < -0.4 is 10.0 Å². The Morgan fingerprint density at radius 2 is 2.25 bits per heavy atom. The van der Waals surface area contributed by atoms with Crippen LogP contribution in [0.4, 0.5) is 0 Å². The van der Waals surface area contributed by atoms with E-state index in [0.29, 0.717) is 12.3 Å². The molecule has 1 aliphatic carbocycles. The molecule has 2 aromatic rings. The lowest BCUT2D eigenvalue weighted by molar-refractivity contribution is -0.0194. The predicted octanol–water partition coefficient (Wildman–Crippen LogP) is 0.139. The maximum atomic E-state index is 12.7. The highest BCUT2D eigenvalue weighted by Crippen LogP contribution is 2.39. The molecule has 2 aromatic heterocycles. The minimum Gasteiger partial charge on any atom is -0.376 e. The smallest absolute Gasteiger partial charge is 0.269 e. The first kappa shape index (κ1) is 16.0. The average molecular weight is 370 g/mol. The van der Waals surface area contributed by atoms with Crippen molar-refractivity contribution < 1.29 is 17.9 Å². The summed E-state index contributed by atoms with van der Waals surface area (Å²) < 4.78 is 33.1. The van der Waals surface area contributed by atoms with Crippen LogP contribution in [0, 0.1) is 12.8 Å². The number of amides is 1. The molecule has 0 bridgehead atoms. The van der Waals surface area contributed by atoms with Crippen LogP contribution in [-0.4, -0.2) is 54.8 Å². The Morgan fingerprint density at radius 3 is 3.00 bits per heavy atom. The van der Waals surface area contributed by atoms with E-state index in [1.165, 1.54) is 11.3 Å². The quantitative estimate of drug-likeness (QED) is 0.797. The second-order valence-electron chi connectivity index (χ2n) is 6.36. The number of thiazole rings is 1. The molecule has 8 nitrogen and oxygen atoms in total. The summed E-state index contributed by atoms with van der Waals surface area (Å²) in [6.45, 7) is 2.47. The van der Waals surface area contributed by atoms with Gasteiger partial charge in [-0.3, -0.25) is 9.20 Å². The summed E-state index contributed by atoms with van der Waals surface area (Å²) in [7, 11) is -3.37. The fraction of sp³-hybridized carbons (Fsp3) is 0.571. The van der Waals surface area contributed by atoms with Crippen molar-refractivity contribution in [1.29, 1.82) is 0 Å². The third kappa shape index (κ3) is 2.63. The number of rotatable bonds is 4. The Kier molecular flexibility index (Phi) is 3.68. The van der Waals surface area contributed by atoms with Gasteiger partial charge in [-0.25, -0.2) is 18.1 Å². The Hall–Kier alpha value is -1.49. The molecular weight excluding hydrogens is 352 g/mol. The van der Waals surface area contributed by atoms with Crippen molar-refractivity contribution >= 4 is 32.2 Å². The summed E-state index contributed by atoms with van der Waals surface area (Å²) in [5.41, 5.74) is 1.36. The van der Waals surface area contributed by atoms with E-state index < -0.39 is 16.1 Å². The predicted molar refractivity (Wildman–Crippen MR) is 88.7 cm³/mol. The van der Waals surface area contributed by atoms with Gasteiger partial charge in [0.05, 0.1) is 30.1 Å². The van der Waals surface area contributed by atoms with Crippen LogP contribution in [0.3, 0.4) is 0 Å². The summed E-state index contributed by atoms with van der Waals surface area (Å²) in [4.78, 5) is 17.8. The zero-order chi connectivity index (χ0) is 17.1. The molecule has 1 aliphatic heterocycles. The standard InChI is InChI=1S/C14H18N4O4S2/c1-7-5-18-9(6-23-14(18)15-7)13(19)16-10-8-3-4-22-12(8)11(10)17-24(2,20)21/h5-6,8,10-12,17H,3-4H2,1-2H3,(H,16,19)/t8-,10+,11-,12-/m0/s1. The Balaban J connectivity index is 1.55. The van der Waals surface area contributed by atoms with E-state index in [-0.39, 0.29) is 24.0 Å². The van der Waals surface area contributed by atoms with E-state index in [0.717, 1.165) is 23.3 Å². The lowest BCUT2D eigenvalue weighted by Gasteiger charge is -2.47. The van der Waals surface area contributed by atoms with Gasteiger partial charge in [0, 0.05) is 24.1 Å². The van der Waals surface area contributed by atoms with E-state index in [9.17, 15) is 13.2 Å². The minimum atomic E-state index is -3.37. The summed E-state index contributed by atoms with van der Waals surface area (Å²) in [5, 5.41) is 4.74. The largest absolute Gasteiger partial charge is 0.376 e. The maximum Gasteiger partial charge on any atom is 0.269 e. The lowest BCUT2D eigenvalue weighted by atomic mass is 9.72. The molecule has 2 fully saturated rings. The molecule has 2 N–H and O–H groups in total. The number of hydrogen-bond donors (Lipinski definition) is 2. The lowest BCUT2D eigenvalue weighted by Crippen LogP contribution is -2.70. The molecule has 1 saturated carbocycles. The van der Waals surface area contributed by atoms with Crippen molar-refractivity contribution in [3.05, 3.63) is 23.0 Å². The third-order valence-corrected chi connectivity index (χ3v) is 6.14. The van der Waals surface area contributed by atoms with Crippen molar-refractivity contribution in [2.45, 2.75) is 31.5 Å². The van der Waals surface area contributed by atoms with Crippen LogP contribution in [0.1, 0.15) is 22.6 Å². The van der Waals surface area contributed by atoms with Gasteiger partial charge in [-0.2, -0.15) is 0 Å². The van der Waals surface area contributed by atoms with Gasteiger partial charge in [0.1, 0.15) is 5.69 Å². The van der Waals surface area contributed by atoms with Crippen molar-refractivity contribution in [2.24, 2.45) is 5.92 Å². The molecule has 4 rings (SSSR count). The number of aromatic nitrogens is 2. The number of fused-ring (bicyclic) bond motifs is 2. The first-order valence-corrected chi connectivity index (χ1v) is 10.4. The monoisotopic (exact) mass is 370 g/mol. The van der Waals surface area contributed by atoms with E-state index in [2.05, 4.69) is 15.0 Å². The van der Waals surface area contributed by atoms with Gasteiger partial charge in [-0.05, 0) is 13.3 Å². The molecule has 4 atom stereocenters. The van der Waals surface area contributed by atoms with E-state index >= 15 is 0 Å². The highest BCUT2D eigenvalue weighted by molar-refractivity contribution is 7.88. The van der Waals surface area contributed by atoms with Crippen LogP contribution in [0.25, 0.3) is 4.96 Å². The number of hydrogen-bond acceptors (Lipinski definition) is 6. The van der Waals surface area contributed by atoms with Gasteiger partial charge in [-0.15, -0.1) is 11.3 Å². The zero-order valence-corrected chi connectivity index (χ0v) is 14.9. The van der Waals surface area contributed by atoms with E-state index in [1.807, 2.05) is 13.1 Å². The van der Waals surface area contributed by atoms with E-state index in [4.69, 9.17) is 4.74 Å².